The Bertz CT molecular complexity index is 686. The molecule has 1 unspecified atom stereocenters. The van der Waals surface area contributed by atoms with Gasteiger partial charge in [0.15, 0.2) is 0 Å². The van der Waals surface area contributed by atoms with Crippen LogP contribution in [-0.4, -0.2) is 56.1 Å². The first-order valence-corrected chi connectivity index (χ1v) is 8.88. The molecule has 1 aromatic rings. The van der Waals surface area contributed by atoms with E-state index in [1.165, 1.54) is 0 Å². The smallest absolute Gasteiger partial charge is 0.247 e. The van der Waals surface area contributed by atoms with E-state index >= 15 is 0 Å². The van der Waals surface area contributed by atoms with Gasteiger partial charge in [-0.15, -0.1) is 0 Å². The number of rotatable bonds is 3. The summed E-state index contributed by atoms with van der Waals surface area (Å²) in [5, 5.41) is 0.601. The molecule has 2 aliphatic rings. The maximum atomic E-state index is 13.2. The first-order valence-electron chi connectivity index (χ1n) is 8.50. The van der Waals surface area contributed by atoms with Gasteiger partial charge < -0.3 is 20.3 Å². The van der Waals surface area contributed by atoms with Crippen molar-refractivity contribution >= 4 is 29.1 Å². The first-order chi connectivity index (χ1) is 11.8. The number of amides is 2. The predicted octanol–water partition coefficient (Wildman–Crippen LogP) is 1.76. The van der Waals surface area contributed by atoms with Gasteiger partial charge in [-0.25, -0.2) is 0 Å². The van der Waals surface area contributed by atoms with Gasteiger partial charge in [-0.1, -0.05) is 11.6 Å². The van der Waals surface area contributed by atoms with E-state index in [0.29, 0.717) is 44.0 Å². The summed E-state index contributed by atoms with van der Waals surface area (Å²) in [6, 6.07) is 5.47. The molecule has 1 atom stereocenters. The van der Waals surface area contributed by atoms with Crippen LogP contribution in [-0.2, 0) is 14.3 Å². The van der Waals surface area contributed by atoms with Crippen LogP contribution in [0.5, 0.6) is 0 Å². The second kappa shape index (κ2) is 6.94. The minimum Gasteiger partial charge on any atom is -0.381 e. The Morgan fingerprint density at radius 2 is 2.04 bits per heavy atom. The number of carbonyl (C=O) groups is 2. The van der Waals surface area contributed by atoms with Gasteiger partial charge in [-0.2, -0.15) is 0 Å². The Kier molecular flexibility index (Phi) is 5.04. The van der Waals surface area contributed by atoms with Gasteiger partial charge in [0.05, 0.1) is 0 Å². The van der Waals surface area contributed by atoms with Gasteiger partial charge >= 0.3 is 0 Å². The number of benzene rings is 1. The van der Waals surface area contributed by atoms with Crippen molar-refractivity contribution in [1.29, 1.82) is 0 Å². The average Bonchev–Trinajstić information content (AvgIpc) is 2.92. The van der Waals surface area contributed by atoms with E-state index in [4.69, 9.17) is 22.1 Å². The number of carbonyl (C=O) groups excluding carboxylic acids is 2. The second-order valence-corrected chi connectivity index (χ2v) is 7.51. The van der Waals surface area contributed by atoms with E-state index in [9.17, 15) is 9.59 Å². The maximum Gasteiger partial charge on any atom is 0.247 e. The van der Waals surface area contributed by atoms with Crippen molar-refractivity contribution in [1.82, 2.24) is 4.90 Å². The lowest BCUT2D eigenvalue weighted by atomic mass is 9.89. The van der Waals surface area contributed by atoms with Crippen LogP contribution in [0.3, 0.4) is 0 Å². The number of nitrogens with two attached hydrogens (primary N) is 1. The lowest BCUT2D eigenvalue weighted by Crippen LogP contribution is -2.58. The number of halogens is 1. The molecule has 0 saturated carbocycles. The van der Waals surface area contributed by atoms with Gasteiger partial charge in [-0.05, 0) is 36.6 Å². The van der Waals surface area contributed by atoms with Crippen molar-refractivity contribution < 1.29 is 14.3 Å². The second-order valence-electron chi connectivity index (χ2n) is 7.08. The largest absolute Gasteiger partial charge is 0.381 e. The van der Waals surface area contributed by atoms with E-state index in [2.05, 4.69) is 0 Å². The number of fused-ring (bicyclic) bond motifs is 1. The molecule has 0 aliphatic carbocycles. The van der Waals surface area contributed by atoms with Crippen molar-refractivity contribution in [2.45, 2.75) is 30.7 Å². The summed E-state index contributed by atoms with van der Waals surface area (Å²) in [6.45, 7) is 1.44. The highest BCUT2D eigenvalue weighted by Crippen LogP contribution is 2.41. The van der Waals surface area contributed by atoms with Crippen LogP contribution < -0.4 is 10.6 Å². The van der Waals surface area contributed by atoms with Crippen molar-refractivity contribution in [3.8, 4) is 0 Å². The summed E-state index contributed by atoms with van der Waals surface area (Å²) < 4.78 is 5.34. The number of nitrogens with zero attached hydrogens (tertiary/aromatic N) is 2. The molecule has 0 radical (unpaired) electrons. The van der Waals surface area contributed by atoms with Gasteiger partial charge in [0, 0.05) is 56.9 Å². The third kappa shape index (κ3) is 3.52. The Morgan fingerprint density at radius 3 is 2.68 bits per heavy atom. The molecule has 2 heterocycles. The van der Waals surface area contributed by atoms with E-state index in [1.807, 2.05) is 12.1 Å². The molecule has 3 rings (SSSR count). The number of anilines is 1. The number of hydrogen-bond donors (Lipinski definition) is 1. The molecule has 1 fully saturated rings. The van der Waals surface area contributed by atoms with Gasteiger partial charge in [0.2, 0.25) is 11.8 Å². The normalized spacial score (nSPS) is 21.8. The Morgan fingerprint density at radius 1 is 1.36 bits per heavy atom. The monoisotopic (exact) mass is 365 g/mol. The topological polar surface area (TPSA) is 75.9 Å². The van der Waals surface area contributed by atoms with Crippen LogP contribution in [0, 0.1) is 0 Å². The summed E-state index contributed by atoms with van der Waals surface area (Å²) in [5.41, 5.74) is 7.23. The van der Waals surface area contributed by atoms with Crippen molar-refractivity contribution in [3.63, 3.8) is 0 Å². The standard InChI is InChI=1S/C18H24ClN3O3/c1-21(2)16(23)9-12-11-22(15-4-3-13(19)10-14(12)15)17(24)18(20)5-7-25-8-6-18/h3-4,10,12H,5-9,11,20H2,1-2H3. The van der Waals surface area contributed by atoms with Crippen LogP contribution in [0.15, 0.2) is 18.2 Å². The average molecular weight is 366 g/mol. The zero-order valence-corrected chi connectivity index (χ0v) is 15.4. The summed E-state index contributed by atoms with van der Waals surface area (Å²) in [4.78, 5) is 28.6. The molecular weight excluding hydrogens is 342 g/mol. The number of hydrogen-bond acceptors (Lipinski definition) is 4. The molecule has 0 bridgehead atoms. The first kappa shape index (κ1) is 18.2. The fraction of sp³-hybridized carbons (Fsp3) is 0.556. The molecule has 1 aromatic carbocycles. The van der Waals surface area contributed by atoms with E-state index in [1.54, 1.807) is 30.0 Å². The van der Waals surface area contributed by atoms with Crippen LogP contribution >= 0.6 is 11.6 Å². The highest BCUT2D eigenvalue weighted by molar-refractivity contribution is 6.30. The maximum absolute atomic E-state index is 13.2. The van der Waals surface area contributed by atoms with E-state index in [-0.39, 0.29) is 17.7 Å². The van der Waals surface area contributed by atoms with Gasteiger partial charge in [0.1, 0.15) is 5.54 Å². The molecule has 6 nitrogen and oxygen atoms in total. The van der Waals surface area contributed by atoms with Crippen molar-refractivity contribution in [3.05, 3.63) is 28.8 Å². The zero-order valence-electron chi connectivity index (χ0n) is 14.6. The van der Waals surface area contributed by atoms with E-state index in [0.717, 1.165) is 11.3 Å². The third-order valence-electron chi connectivity index (χ3n) is 5.10. The molecular formula is C18H24ClN3O3. The zero-order chi connectivity index (χ0) is 18.2. The summed E-state index contributed by atoms with van der Waals surface area (Å²) >= 11 is 6.15. The molecule has 7 heteroatoms. The summed E-state index contributed by atoms with van der Waals surface area (Å²) in [6.07, 6.45) is 1.35. The lowest BCUT2D eigenvalue weighted by Gasteiger charge is -2.35. The van der Waals surface area contributed by atoms with Crippen LogP contribution in [0.4, 0.5) is 5.69 Å². The van der Waals surface area contributed by atoms with Crippen LogP contribution in [0.2, 0.25) is 5.02 Å². The molecule has 2 aliphatic heterocycles. The summed E-state index contributed by atoms with van der Waals surface area (Å²) in [5.74, 6) is -0.145. The SMILES string of the molecule is CN(C)C(=O)CC1CN(C(=O)C2(N)CCOCC2)c2ccc(Cl)cc21. The third-order valence-corrected chi connectivity index (χ3v) is 5.33. The highest BCUT2D eigenvalue weighted by atomic mass is 35.5. The Labute approximate surface area is 152 Å². The molecule has 136 valence electrons. The molecule has 25 heavy (non-hydrogen) atoms. The minimum absolute atomic E-state index is 0.0266. The van der Waals surface area contributed by atoms with Crippen LogP contribution in [0.25, 0.3) is 0 Å². The predicted molar refractivity (Wildman–Crippen MR) is 96.8 cm³/mol. The Balaban J connectivity index is 1.89. The highest BCUT2D eigenvalue weighted by Gasteiger charge is 2.43. The molecule has 2 N–H and O–H groups in total. The quantitative estimate of drug-likeness (QED) is 0.885. The molecule has 0 aromatic heterocycles. The van der Waals surface area contributed by atoms with Gasteiger partial charge in [0.25, 0.3) is 0 Å². The van der Waals surface area contributed by atoms with Crippen molar-refractivity contribution in [2.75, 3.05) is 38.8 Å². The number of ether oxygens (including phenoxy) is 1. The van der Waals surface area contributed by atoms with Crippen molar-refractivity contribution in [2.24, 2.45) is 5.73 Å². The Hall–Kier alpha value is -1.63. The lowest BCUT2D eigenvalue weighted by molar-refractivity contribution is -0.129. The minimum atomic E-state index is -0.907. The van der Waals surface area contributed by atoms with Gasteiger partial charge in [-0.3, -0.25) is 9.59 Å². The summed E-state index contributed by atoms with van der Waals surface area (Å²) in [7, 11) is 3.46. The fourth-order valence-electron chi connectivity index (χ4n) is 3.49. The molecule has 0 spiro atoms. The van der Waals surface area contributed by atoms with E-state index < -0.39 is 5.54 Å². The molecule has 1 saturated heterocycles. The van der Waals surface area contributed by atoms with Crippen LogP contribution in [0.1, 0.15) is 30.7 Å². The fourth-order valence-corrected chi connectivity index (χ4v) is 3.67. The molecule has 2 amide bonds.